The highest BCUT2D eigenvalue weighted by Crippen LogP contribution is 2.35. The van der Waals surface area contributed by atoms with Gasteiger partial charge in [0.25, 0.3) is 0 Å². The Morgan fingerprint density at radius 3 is 2.41 bits per heavy atom. The third kappa shape index (κ3) is 10.8. The van der Waals surface area contributed by atoms with Gasteiger partial charge in [-0.2, -0.15) is 0 Å². The van der Waals surface area contributed by atoms with Gasteiger partial charge >= 0.3 is 0 Å². The lowest BCUT2D eigenvalue weighted by molar-refractivity contribution is -0.145. The molecule has 3 aliphatic rings. The third-order valence-electron chi connectivity index (χ3n) is 11.9. The van der Waals surface area contributed by atoms with Gasteiger partial charge in [0, 0.05) is 47.1 Å². The zero-order valence-electron chi connectivity index (χ0n) is 33.8. The van der Waals surface area contributed by atoms with Gasteiger partial charge in [0.15, 0.2) is 0 Å². The Balaban J connectivity index is 1.42. The quantitative estimate of drug-likeness (QED) is 0.145. The van der Waals surface area contributed by atoms with Crippen molar-refractivity contribution in [1.82, 2.24) is 25.8 Å². The number of hydrogen-bond acceptors (Lipinski definition) is 8. The van der Waals surface area contributed by atoms with Crippen molar-refractivity contribution in [3.63, 3.8) is 0 Å². The van der Waals surface area contributed by atoms with E-state index in [4.69, 9.17) is 9.47 Å². The van der Waals surface area contributed by atoms with Crippen molar-refractivity contribution in [3.8, 4) is 0 Å². The maximum atomic E-state index is 14.2. The number of hydrogen-bond donors (Lipinski definition) is 3. The SMILES string of the molecule is CCC=NC(=NC)C(Cc1ccccc1)NC(=O)C(C)C(OC)C1CCCN1C(=O)CC(OC)C(C(C)CC)N(C)C(=O)CNC(=O)C1NC2CCC1C2. The van der Waals surface area contributed by atoms with Crippen LogP contribution in [0.5, 0.6) is 0 Å². The monoisotopic (exact) mass is 751 g/mol. The molecular formula is C41H65N7O6. The first-order valence-electron chi connectivity index (χ1n) is 20.0. The Bertz CT molecular complexity index is 1460. The van der Waals surface area contributed by atoms with Crippen LogP contribution < -0.4 is 16.0 Å². The number of amidine groups is 1. The van der Waals surface area contributed by atoms with Gasteiger partial charge in [-0.15, -0.1) is 0 Å². The predicted octanol–water partition coefficient (Wildman–Crippen LogP) is 3.40. The van der Waals surface area contributed by atoms with Gasteiger partial charge in [-0.25, -0.2) is 4.99 Å². The number of nitrogens with one attached hydrogen (secondary N) is 3. The number of benzene rings is 1. The summed E-state index contributed by atoms with van der Waals surface area (Å²) < 4.78 is 12.0. The number of carbonyl (C=O) groups is 4. The average Bonchev–Trinajstić information content (AvgIpc) is 3.96. The van der Waals surface area contributed by atoms with Crippen LogP contribution in [-0.2, 0) is 35.1 Å². The summed E-state index contributed by atoms with van der Waals surface area (Å²) >= 11 is 0. The van der Waals surface area contributed by atoms with Gasteiger partial charge in [0.1, 0.15) is 5.84 Å². The van der Waals surface area contributed by atoms with E-state index in [1.807, 2.05) is 49.1 Å². The van der Waals surface area contributed by atoms with Crippen molar-refractivity contribution in [2.45, 2.75) is 128 Å². The van der Waals surface area contributed by atoms with Crippen LogP contribution in [0, 0.1) is 17.8 Å². The lowest BCUT2D eigenvalue weighted by atomic mass is 9.90. The van der Waals surface area contributed by atoms with Crippen molar-refractivity contribution >= 4 is 35.7 Å². The van der Waals surface area contributed by atoms with Crippen LogP contribution in [0.2, 0.25) is 0 Å². The van der Waals surface area contributed by atoms with Gasteiger partial charge in [-0.3, -0.25) is 24.2 Å². The summed E-state index contributed by atoms with van der Waals surface area (Å²) in [6, 6.07) is 8.91. The summed E-state index contributed by atoms with van der Waals surface area (Å²) in [5, 5.41) is 9.44. The van der Waals surface area contributed by atoms with E-state index in [0.29, 0.717) is 37.2 Å². The highest BCUT2D eigenvalue weighted by Gasteiger charge is 2.44. The molecule has 3 N–H and O–H groups in total. The van der Waals surface area contributed by atoms with Crippen LogP contribution in [-0.4, -0.2) is 129 Å². The van der Waals surface area contributed by atoms with Crippen LogP contribution in [0.4, 0.5) is 0 Å². The molecule has 3 fully saturated rings. The Kier molecular flexibility index (Phi) is 16.6. The van der Waals surface area contributed by atoms with Crippen LogP contribution >= 0.6 is 0 Å². The molecule has 10 atom stereocenters. The van der Waals surface area contributed by atoms with E-state index in [1.165, 1.54) is 0 Å². The summed E-state index contributed by atoms with van der Waals surface area (Å²) in [7, 11) is 6.57. The van der Waals surface area contributed by atoms with Gasteiger partial charge in [0.2, 0.25) is 23.6 Å². The van der Waals surface area contributed by atoms with Crippen molar-refractivity contribution < 1.29 is 28.7 Å². The van der Waals surface area contributed by atoms with Crippen LogP contribution in [0.25, 0.3) is 0 Å². The number of aliphatic imine (C=N–C) groups is 2. The highest BCUT2D eigenvalue weighted by molar-refractivity contribution is 5.96. The van der Waals surface area contributed by atoms with E-state index in [0.717, 1.165) is 44.1 Å². The largest absolute Gasteiger partial charge is 0.379 e. The lowest BCUT2D eigenvalue weighted by Crippen LogP contribution is -2.55. The van der Waals surface area contributed by atoms with Crippen LogP contribution in [0.3, 0.4) is 0 Å². The van der Waals surface area contributed by atoms with E-state index in [-0.39, 0.29) is 54.6 Å². The number of piperidine rings is 1. The molecule has 2 heterocycles. The standard InChI is InChI=1S/C41H65N7O6/c1-9-20-43-39(42-5)31(22-28-15-12-11-13-16-28)46-40(51)27(4)38(54-8)32-17-14-21-48(32)34(49)24-33(53-7)37(26(3)10-2)47(6)35(50)25-44-41(52)36-29-18-19-30(23-29)45-36/h11-13,15-16,20,26-27,29-33,36-38,45H,9-10,14,17-19,21-25H2,1-8H3,(H,44,52)(H,46,51). The molecule has 0 spiro atoms. The Labute approximate surface area is 322 Å². The molecule has 300 valence electrons. The van der Waals surface area contributed by atoms with Gasteiger partial charge in [0.05, 0.1) is 55.3 Å². The normalized spacial score (nSPS) is 24.5. The number of ether oxygens (including phenoxy) is 2. The van der Waals surface area contributed by atoms with E-state index in [2.05, 4.69) is 39.8 Å². The molecule has 1 saturated carbocycles. The summed E-state index contributed by atoms with van der Waals surface area (Å²) in [5.74, 6) is -0.371. The second kappa shape index (κ2) is 20.8. The van der Waals surface area contributed by atoms with Gasteiger partial charge < -0.3 is 35.2 Å². The first-order valence-corrected chi connectivity index (χ1v) is 20.0. The molecular weight excluding hydrogens is 686 g/mol. The van der Waals surface area contributed by atoms with Crippen molar-refractivity contribution in [3.05, 3.63) is 35.9 Å². The Hall–Kier alpha value is -3.68. The first kappa shape index (κ1) is 43.1. The number of amides is 4. The Morgan fingerprint density at radius 2 is 1.81 bits per heavy atom. The maximum absolute atomic E-state index is 14.2. The van der Waals surface area contributed by atoms with E-state index < -0.39 is 30.2 Å². The van der Waals surface area contributed by atoms with Gasteiger partial charge in [-0.05, 0) is 62.3 Å². The number of methoxy groups -OCH3 is 2. The topological polar surface area (TPSA) is 154 Å². The minimum Gasteiger partial charge on any atom is -0.379 e. The molecule has 13 heteroatoms. The second-order valence-corrected chi connectivity index (χ2v) is 15.3. The number of fused-ring (bicyclic) bond motifs is 2. The highest BCUT2D eigenvalue weighted by atomic mass is 16.5. The molecule has 4 amide bonds. The molecule has 1 aromatic carbocycles. The first-order chi connectivity index (χ1) is 26.0. The number of rotatable bonds is 19. The molecule has 13 nitrogen and oxygen atoms in total. The van der Waals surface area contributed by atoms with E-state index >= 15 is 0 Å². The molecule has 10 unspecified atom stereocenters. The number of likely N-dealkylation sites (N-methyl/N-ethyl adjacent to an activating group) is 1. The predicted molar refractivity (Wildman–Crippen MR) is 211 cm³/mol. The molecule has 1 aromatic rings. The molecule has 0 radical (unpaired) electrons. The van der Waals surface area contributed by atoms with E-state index in [9.17, 15) is 19.2 Å². The average molecular weight is 752 g/mol. The van der Waals surface area contributed by atoms with Crippen LogP contribution in [0.15, 0.2) is 40.3 Å². The van der Waals surface area contributed by atoms with Crippen molar-refractivity contribution in [2.75, 3.05) is 41.4 Å². The van der Waals surface area contributed by atoms with Crippen LogP contribution in [0.1, 0.15) is 84.6 Å². The lowest BCUT2D eigenvalue weighted by Gasteiger charge is -2.39. The summed E-state index contributed by atoms with van der Waals surface area (Å²) in [4.78, 5) is 67.0. The van der Waals surface area contributed by atoms with Crippen molar-refractivity contribution in [1.29, 1.82) is 0 Å². The molecule has 54 heavy (non-hydrogen) atoms. The number of carbonyl (C=O) groups excluding carboxylic acids is 4. The second-order valence-electron chi connectivity index (χ2n) is 15.3. The molecule has 2 aliphatic heterocycles. The van der Waals surface area contributed by atoms with Gasteiger partial charge in [-0.1, -0.05) is 64.4 Å². The minimum absolute atomic E-state index is 0.0199. The fourth-order valence-electron chi connectivity index (χ4n) is 8.72. The Morgan fingerprint density at radius 1 is 1.07 bits per heavy atom. The van der Waals surface area contributed by atoms with Crippen molar-refractivity contribution in [2.24, 2.45) is 27.7 Å². The summed E-state index contributed by atoms with van der Waals surface area (Å²) in [5.41, 5.74) is 1.05. The summed E-state index contributed by atoms with van der Waals surface area (Å²) in [6.45, 7) is 8.36. The fourth-order valence-corrected chi connectivity index (χ4v) is 8.72. The zero-order chi connectivity index (χ0) is 39.4. The fraction of sp³-hybridized carbons (Fsp3) is 0.707. The molecule has 2 saturated heterocycles. The zero-order valence-corrected chi connectivity index (χ0v) is 33.8. The molecule has 2 bridgehead atoms. The molecule has 4 rings (SSSR count). The third-order valence-corrected chi connectivity index (χ3v) is 11.9. The smallest absolute Gasteiger partial charge is 0.242 e. The summed E-state index contributed by atoms with van der Waals surface area (Å²) in [6.07, 6.45) is 7.37. The molecule has 1 aliphatic carbocycles. The minimum atomic E-state index is -0.584. The molecule has 0 aromatic heterocycles. The number of likely N-dealkylation sites (tertiary alicyclic amines) is 1. The number of nitrogens with zero attached hydrogens (tertiary/aromatic N) is 4. The van der Waals surface area contributed by atoms with E-state index in [1.54, 1.807) is 39.4 Å². The maximum Gasteiger partial charge on any atom is 0.242 e.